The smallest absolute Gasteiger partial charge is 0.322 e. The standard InChI is InChI=1S/C15H19NO3/c1-11-5-4-6-12(9-11)15(7-2-3-8-15)14(19)16-10-13(17)18/h4-6,9H,2-3,7-8,10H2,1H3,(H,16,19)(H,17,18). The van der Waals surface area contributed by atoms with E-state index in [4.69, 9.17) is 5.11 Å². The molecular weight excluding hydrogens is 242 g/mol. The Balaban J connectivity index is 2.27. The monoisotopic (exact) mass is 261 g/mol. The topological polar surface area (TPSA) is 66.4 Å². The van der Waals surface area contributed by atoms with E-state index in [2.05, 4.69) is 5.32 Å². The molecule has 0 spiro atoms. The highest BCUT2D eigenvalue weighted by molar-refractivity contribution is 5.90. The van der Waals surface area contributed by atoms with Crippen LogP contribution in [0.4, 0.5) is 0 Å². The second-order valence-corrected chi connectivity index (χ2v) is 5.24. The van der Waals surface area contributed by atoms with Gasteiger partial charge < -0.3 is 10.4 Å². The van der Waals surface area contributed by atoms with Gasteiger partial charge in [0.2, 0.25) is 5.91 Å². The molecule has 19 heavy (non-hydrogen) atoms. The van der Waals surface area contributed by atoms with Crippen molar-refractivity contribution in [3.63, 3.8) is 0 Å². The van der Waals surface area contributed by atoms with Crippen molar-refractivity contribution >= 4 is 11.9 Å². The van der Waals surface area contributed by atoms with E-state index in [9.17, 15) is 9.59 Å². The first-order chi connectivity index (χ1) is 9.04. The predicted molar refractivity (Wildman–Crippen MR) is 72.0 cm³/mol. The Hall–Kier alpha value is -1.84. The third-order valence-corrected chi connectivity index (χ3v) is 3.86. The summed E-state index contributed by atoms with van der Waals surface area (Å²) in [6, 6.07) is 7.96. The van der Waals surface area contributed by atoms with E-state index in [-0.39, 0.29) is 12.5 Å². The zero-order chi connectivity index (χ0) is 13.9. The van der Waals surface area contributed by atoms with Crippen LogP contribution in [-0.4, -0.2) is 23.5 Å². The predicted octanol–water partition coefficient (Wildman–Crippen LogP) is 2.01. The van der Waals surface area contributed by atoms with Gasteiger partial charge >= 0.3 is 5.97 Å². The van der Waals surface area contributed by atoms with Crippen LogP contribution in [-0.2, 0) is 15.0 Å². The quantitative estimate of drug-likeness (QED) is 0.871. The van der Waals surface area contributed by atoms with E-state index in [0.29, 0.717) is 0 Å². The Bertz CT molecular complexity index is 490. The van der Waals surface area contributed by atoms with Crippen LogP contribution < -0.4 is 5.32 Å². The molecule has 1 aromatic carbocycles. The number of carboxylic acid groups (broad SMARTS) is 1. The molecule has 0 heterocycles. The number of aryl methyl sites for hydroxylation is 1. The fourth-order valence-electron chi connectivity index (χ4n) is 2.89. The molecule has 0 aromatic heterocycles. The van der Waals surface area contributed by atoms with Crippen molar-refractivity contribution in [2.24, 2.45) is 0 Å². The largest absolute Gasteiger partial charge is 0.480 e. The second kappa shape index (κ2) is 5.43. The molecule has 0 unspecified atom stereocenters. The third kappa shape index (κ3) is 2.78. The Labute approximate surface area is 112 Å². The molecule has 0 bridgehead atoms. The lowest BCUT2D eigenvalue weighted by Crippen LogP contribution is -2.44. The zero-order valence-corrected chi connectivity index (χ0v) is 11.1. The van der Waals surface area contributed by atoms with Crippen LogP contribution in [0.15, 0.2) is 24.3 Å². The molecule has 0 radical (unpaired) electrons. The molecule has 4 nitrogen and oxygen atoms in total. The first kappa shape index (κ1) is 13.6. The summed E-state index contributed by atoms with van der Waals surface area (Å²) in [4.78, 5) is 23.0. The van der Waals surface area contributed by atoms with Crippen molar-refractivity contribution in [1.29, 1.82) is 0 Å². The van der Waals surface area contributed by atoms with Crippen LogP contribution in [0.5, 0.6) is 0 Å². The van der Waals surface area contributed by atoms with Crippen LogP contribution in [0.2, 0.25) is 0 Å². The maximum absolute atomic E-state index is 12.4. The molecule has 1 saturated carbocycles. The second-order valence-electron chi connectivity index (χ2n) is 5.24. The normalized spacial score (nSPS) is 17.1. The number of hydrogen-bond acceptors (Lipinski definition) is 2. The van der Waals surface area contributed by atoms with E-state index in [1.54, 1.807) is 0 Å². The van der Waals surface area contributed by atoms with E-state index < -0.39 is 11.4 Å². The molecule has 4 heteroatoms. The highest BCUT2D eigenvalue weighted by atomic mass is 16.4. The van der Waals surface area contributed by atoms with Crippen molar-refractivity contribution < 1.29 is 14.7 Å². The average Bonchev–Trinajstić information content (AvgIpc) is 2.86. The van der Waals surface area contributed by atoms with Gasteiger partial charge in [0.15, 0.2) is 0 Å². The number of nitrogens with one attached hydrogen (secondary N) is 1. The van der Waals surface area contributed by atoms with Crippen molar-refractivity contribution in [3.8, 4) is 0 Å². The molecule has 1 fully saturated rings. The van der Waals surface area contributed by atoms with Crippen molar-refractivity contribution in [3.05, 3.63) is 35.4 Å². The summed E-state index contributed by atoms with van der Waals surface area (Å²) in [5.41, 5.74) is 1.59. The van der Waals surface area contributed by atoms with Crippen LogP contribution >= 0.6 is 0 Å². The Kier molecular flexibility index (Phi) is 3.88. The number of hydrogen-bond donors (Lipinski definition) is 2. The van der Waals surface area contributed by atoms with Gasteiger partial charge in [-0.1, -0.05) is 42.7 Å². The summed E-state index contributed by atoms with van der Waals surface area (Å²) in [6.07, 6.45) is 3.60. The van der Waals surface area contributed by atoms with Crippen molar-refractivity contribution in [1.82, 2.24) is 5.32 Å². The molecule has 2 rings (SSSR count). The minimum absolute atomic E-state index is 0.155. The van der Waals surface area contributed by atoms with E-state index >= 15 is 0 Å². The lowest BCUT2D eigenvalue weighted by molar-refractivity contribution is -0.138. The molecule has 1 amide bonds. The Morgan fingerprint density at radius 2 is 2.00 bits per heavy atom. The van der Waals surface area contributed by atoms with Crippen LogP contribution in [0, 0.1) is 6.92 Å². The maximum atomic E-state index is 12.4. The molecular formula is C15H19NO3. The Morgan fingerprint density at radius 1 is 1.32 bits per heavy atom. The first-order valence-electron chi connectivity index (χ1n) is 6.62. The SMILES string of the molecule is Cc1cccc(C2(C(=O)NCC(=O)O)CCCC2)c1. The summed E-state index contributed by atoms with van der Waals surface area (Å²) >= 11 is 0. The van der Waals surface area contributed by atoms with E-state index in [1.807, 2.05) is 31.2 Å². The number of rotatable bonds is 4. The molecule has 2 N–H and O–H groups in total. The van der Waals surface area contributed by atoms with Crippen LogP contribution in [0.1, 0.15) is 36.8 Å². The van der Waals surface area contributed by atoms with E-state index in [0.717, 1.165) is 36.8 Å². The fourth-order valence-corrected chi connectivity index (χ4v) is 2.89. The molecule has 0 atom stereocenters. The number of carbonyl (C=O) groups excluding carboxylic acids is 1. The summed E-state index contributed by atoms with van der Waals surface area (Å²) in [6.45, 7) is 1.69. The summed E-state index contributed by atoms with van der Waals surface area (Å²) in [5.74, 6) is -1.16. The molecule has 102 valence electrons. The van der Waals surface area contributed by atoms with Gasteiger partial charge in [0.25, 0.3) is 0 Å². The highest BCUT2D eigenvalue weighted by Crippen LogP contribution is 2.41. The minimum Gasteiger partial charge on any atom is -0.480 e. The number of aliphatic carboxylic acids is 1. The molecule has 1 aliphatic rings. The number of benzene rings is 1. The van der Waals surface area contributed by atoms with Gasteiger partial charge in [0.1, 0.15) is 6.54 Å². The Morgan fingerprint density at radius 3 is 2.58 bits per heavy atom. The number of carbonyl (C=O) groups is 2. The van der Waals surface area contributed by atoms with Gasteiger partial charge in [-0.15, -0.1) is 0 Å². The maximum Gasteiger partial charge on any atom is 0.322 e. The molecule has 1 aromatic rings. The van der Waals surface area contributed by atoms with Crippen LogP contribution in [0.25, 0.3) is 0 Å². The molecule has 0 saturated heterocycles. The summed E-state index contributed by atoms with van der Waals surface area (Å²) in [5, 5.41) is 11.2. The number of carboxylic acids is 1. The van der Waals surface area contributed by atoms with Gasteiger partial charge in [-0.25, -0.2) is 0 Å². The lowest BCUT2D eigenvalue weighted by atomic mass is 9.77. The van der Waals surface area contributed by atoms with Gasteiger partial charge in [-0.05, 0) is 25.3 Å². The highest BCUT2D eigenvalue weighted by Gasteiger charge is 2.42. The average molecular weight is 261 g/mol. The fraction of sp³-hybridized carbons (Fsp3) is 0.467. The van der Waals surface area contributed by atoms with Gasteiger partial charge in [0.05, 0.1) is 5.41 Å². The van der Waals surface area contributed by atoms with Gasteiger partial charge in [-0.3, -0.25) is 9.59 Å². The van der Waals surface area contributed by atoms with Crippen LogP contribution in [0.3, 0.4) is 0 Å². The molecule has 0 aliphatic heterocycles. The first-order valence-corrected chi connectivity index (χ1v) is 6.62. The zero-order valence-electron chi connectivity index (χ0n) is 11.1. The lowest BCUT2D eigenvalue weighted by Gasteiger charge is -2.28. The third-order valence-electron chi connectivity index (χ3n) is 3.86. The van der Waals surface area contributed by atoms with Crippen molar-refractivity contribution in [2.45, 2.75) is 38.0 Å². The minimum atomic E-state index is -1.01. The van der Waals surface area contributed by atoms with E-state index in [1.165, 1.54) is 0 Å². The summed E-state index contributed by atoms with van der Waals surface area (Å²) in [7, 11) is 0. The van der Waals surface area contributed by atoms with Crippen molar-refractivity contribution in [2.75, 3.05) is 6.54 Å². The molecule has 1 aliphatic carbocycles. The summed E-state index contributed by atoms with van der Waals surface area (Å²) < 4.78 is 0. The van der Waals surface area contributed by atoms with Gasteiger partial charge in [0, 0.05) is 0 Å². The number of amides is 1. The van der Waals surface area contributed by atoms with Gasteiger partial charge in [-0.2, -0.15) is 0 Å².